The highest BCUT2D eigenvalue weighted by molar-refractivity contribution is 6.70. The lowest BCUT2D eigenvalue weighted by Crippen LogP contribution is -2.16. The number of rotatable bonds is 16. The van der Waals surface area contributed by atoms with E-state index in [0.29, 0.717) is 6.61 Å². The van der Waals surface area contributed by atoms with Gasteiger partial charge in [-0.15, -0.1) is 0 Å². The summed E-state index contributed by atoms with van der Waals surface area (Å²) in [6.45, 7) is 11.1. The molecule has 1 nitrogen and oxygen atoms in total. The van der Waals surface area contributed by atoms with Gasteiger partial charge in [-0.05, 0) is 32.5 Å². The third-order valence-corrected chi connectivity index (χ3v) is 5.45. The highest BCUT2D eigenvalue weighted by atomic mass is 28.4. The van der Waals surface area contributed by atoms with Crippen LogP contribution in [0, 0.1) is 0 Å². The summed E-state index contributed by atoms with van der Waals surface area (Å²) in [4.78, 5) is 0. The van der Waals surface area contributed by atoms with Gasteiger partial charge < -0.3 is 8.84 Å². The van der Waals surface area contributed by atoms with Crippen molar-refractivity contribution in [1.82, 2.24) is 0 Å². The molecule has 0 fully saturated rings. The summed E-state index contributed by atoms with van der Waals surface area (Å²) in [6.07, 6.45) is 14.2. The van der Waals surface area contributed by atoms with Crippen LogP contribution < -0.4 is 0 Å². The number of halogens is 1. The van der Waals surface area contributed by atoms with Crippen LogP contribution in [0.5, 0.6) is 0 Å². The fourth-order valence-electron chi connectivity index (χ4n) is 2.59. The van der Waals surface area contributed by atoms with Crippen LogP contribution in [0.1, 0.15) is 77.6 Å². The zero-order chi connectivity index (χ0) is 16.7. The molecule has 0 aliphatic rings. The Kier molecular flexibility index (Phi) is 14.3. The molecular weight excluding hydrogens is 291 g/mol. The van der Waals surface area contributed by atoms with Crippen molar-refractivity contribution in [2.24, 2.45) is 0 Å². The monoisotopic (exact) mass is 330 g/mol. The summed E-state index contributed by atoms with van der Waals surface area (Å²) in [5, 5.41) is 0. The predicted octanol–water partition coefficient (Wildman–Crippen LogP) is 7.04. The van der Waals surface area contributed by atoms with Crippen molar-refractivity contribution in [2.75, 3.05) is 13.2 Å². The third-order valence-electron chi connectivity index (χ3n) is 3.91. The lowest BCUT2D eigenvalue weighted by molar-refractivity contribution is 0.151. The van der Waals surface area contributed by atoms with Crippen LogP contribution in [0.25, 0.3) is 0 Å². The number of ether oxygens (including phenoxy) is 1. The van der Waals surface area contributed by atoms with Crippen molar-refractivity contribution < 1.29 is 8.84 Å². The Balaban J connectivity index is 3.04. The summed E-state index contributed by atoms with van der Waals surface area (Å²) in [5.74, 6) is 0. The second kappa shape index (κ2) is 14.4. The van der Waals surface area contributed by atoms with E-state index in [4.69, 9.17) is 4.74 Å². The molecule has 0 heterocycles. The maximum absolute atomic E-state index is 13.4. The Morgan fingerprint density at radius 1 is 0.818 bits per heavy atom. The van der Waals surface area contributed by atoms with Crippen molar-refractivity contribution in [3.05, 3.63) is 12.2 Å². The van der Waals surface area contributed by atoms with Crippen LogP contribution in [0.4, 0.5) is 4.11 Å². The first-order valence-electron chi connectivity index (χ1n) is 9.33. The van der Waals surface area contributed by atoms with Crippen LogP contribution in [0.3, 0.4) is 0 Å². The zero-order valence-electron chi connectivity index (χ0n) is 15.4. The average Bonchev–Trinajstić information content (AvgIpc) is 2.41. The third kappa shape index (κ3) is 19.8. The van der Waals surface area contributed by atoms with Gasteiger partial charge in [-0.25, -0.2) is 0 Å². The van der Waals surface area contributed by atoms with Crippen molar-refractivity contribution in [3.8, 4) is 0 Å². The van der Waals surface area contributed by atoms with Crippen molar-refractivity contribution in [2.45, 2.75) is 96.7 Å². The highest BCUT2D eigenvalue weighted by Crippen LogP contribution is 2.17. The van der Waals surface area contributed by atoms with E-state index in [9.17, 15) is 4.11 Å². The molecule has 0 radical (unpaired) electrons. The smallest absolute Gasteiger partial charge is 0.240 e. The van der Waals surface area contributed by atoms with E-state index in [-0.39, 0.29) is 0 Å². The second-order valence-corrected chi connectivity index (χ2v) is 11.3. The Morgan fingerprint density at radius 2 is 1.23 bits per heavy atom. The van der Waals surface area contributed by atoms with Gasteiger partial charge in [0.05, 0.1) is 6.61 Å². The predicted molar refractivity (Wildman–Crippen MR) is 99.8 cm³/mol. The maximum atomic E-state index is 13.4. The van der Waals surface area contributed by atoms with Crippen LogP contribution in [0.2, 0.25) is 19.1 Å². The van der Waals surface area contributed by atoms with Crippen molar-refractivity contribution in [3.63, 3.8) is 0 Å². The first-order chi connectivity index (χ1) is 10.4. The molecule has 0 unspecified atom stereocenters. The molecule has 0 aliphatic carbocycles. The van der Waals surface area contributed by atoms with E-state index >= 15 is 0 Å². The largest absolute Gasteiger partial charge is 0.377 e. The molecule has 0 N–H and O–H groups in total. The SMILES string of the molecule is C=C(C)COCCCCCCCCCCCCC[Si](C)(C)F. The van der Waals surface area contributed by atoms with Crippen LogP contribution >= 0.6 is 0 Å². The maximum Gasteiger partial charge on any atom is 0.240 e. The summed E-state index contributed by atoms with van der Waals surface area (Å²) in [5.41, 5.74) is 1.11. The van der Waals surface area contributed by atoms with Crippen LogP contribution in [0.15, 0.2) is 12.2 Å². The van der Waals surface area contributed by atoms with E-state index in [0.717, 1.165) is 24.6 Å². The van der Waals surface area contributed by atoms with Crippen molar-refractivity contribution in [1.29, 1.82) is 0 Å². The summed E-state index contributed by atoms with van der Waals surface area (Å²) >= 11 is 0. The topological polar surface area (TPSA) is 9.23 Å². The zero-order valence-corrected chi connectivity index (χ0v) is 16.4. The van der Waals surface area contributed by atoms with Gasteiger partial charge in [-0.2, -0.15) is 0 Å². The first kappa shape index (κ1) is 21.8. The van der Waals surface area contributed by atoms with Gasteiger partial charge in [0, 0.05) is 6.61 Å². The van der Waals surface area contributed by atoms with E-state index in [1.807, 2.05) is 20.0 Å². The Labute approximate surface area is 139 Å². The summed E-state index contributed by atoms with van der Waals surface area (Å²) in [7, 11) is -2.28. The molecule has 0 aromatic carbocycles. The Morgan fingerprint density at radius 3 is 1.64 bits per heavy atom. The Bertz CT molecular complexity index is 261. The first-order valence-corrected chi connectivity index (χ1v) is 12.4. The molecule has 0 saturated heterocycles. The Hall–Kier alpha value is -0.153. The lowest BCUT2D eigenvalue weighted by Gasteiger charge is -2.09. The molecule has 0 aromatic rings. The molecule has 132 valence electrons. The minimum absolute atomic E-state index is 0.713. The van der Waals surface area contributed by atoms with Gasteiger partial charge in [0.25, 0.3) is 0 Å². The molecule has 22 heavy (non-hydrogen) atoms. The van der Waals surface area contributed by atoms with E-state index in [1.54, 1.807) is 0 Å². The molecule has 0 rings (SSSR count). The van der Waals surface area contributed by atoms with Gasteiger partial charge in [-0.1, -0.05) is 76.4 Å². The molecule has 0 amide bonds. The molecule has 3 heteroatoms. The number of hydrogen-bond donors (Lipinski definition) is 0. The standard InChI is InChI=1S/C19H39FOSi/c1-19(2)18-21-16-14-12-10-8-6-5-7-9-11-13-15-17-22(3,4)20/h1,5-18H2,2-4H3. The summed E-state index contributed by atoms with van der Waals surface area (Å²) < 4.78 is 18.9. The fourth-order valence-corrected chi connectivity index (χ4v) is 3.68. The van der Waals surface area contributed by atoms with E-state index in [1.165, 1.54) is 64.2 Å². The molecule has 0 aromatic heterocycles. The van der Waals surface area contributed by atoms with Gasteiger partial charge in [0.15, 0.2) is 0 Å². The highest BCUT2D eigenvalue weighted by Gasteiger charge is 2.18. The van der Waals surface area contributed by atoms with Crippen LogP contribution in [-0.4, -0.2) is 21.6 Å². The molecule has 0 bridgehead atoms. The van der Waals surface area contributed by atoms with Gasteiger partial charge >= 0.3 is 0 Å². The molecule has 0 saturated carbocycles. The molecule has 0 atom stereocenters. The lowest BCUT2D eigenvalue weighted by atomic mass is 10.1. The van der Waals surface area contributed by atoms with Gasteiger partial charge in [-0.3, -0.25) is 0 Å². The summed E-state index contributed by atoms with van der Waals surface area (Å²) in [6, 6.07) is 0.850. The molecule has 0 aliphatic heterocycles. The molecular formula is C19H39FOSi. The van der Waals surface area contributed by atoms with E-state index in [2.05, 4.69) is 6.58 Å². The van der Waals surface area contributed by atoms with E-state index < -0.39 is 8.41 Å². The van der Waals surface area contributed by atoms with Crippen molar-refractivity contribution >= 4 is 8.41 Å². The second-order valence-electron chi connectivity index (χ2n) is 7.37. The number of unbranched alkanes of at least 4 members (excludes halogenated alkanes) is 10. The normalized spacial score (nSPS) is 11.8. The van der Waals surface area contributed by atoms with Gasteiger partial charge in [0.1, 0.15) is 0 Å². The number of hydrogen-bond acceptors (Lipinski definition) is 1. The average molecular weight is 331 g/mol. The van der Waals surface area contributed by atoms with Crippen LogP contribution in [-0.2, 0) is 4.74 Å². The van der Waals surface area contributed by atoms with Gasteiger partial charge in [0.2, 0.25) is 8.41 Å². The molecule has 0 spiro atoms. The minimum Gasteiger partial charge on any atom is -0.377 e. The minimum atomic E-state index is -2.28. The fraction of sp³-hybridized carbons (Fsp3) is 0.895. The quantitative estimate of drug-likeness (QED) is 0.127.